The van der Waals surface area contributed by atoms with Crippen molar-refractivity contribution in [1.29, 1.82) is 0 Å². The van der Waals surface area contributed by atoms with Gasteiger partial charge in [0.05, 0.1) is 0 Å². The zero-order valence-electron chi connectivity index (χ0n) is 6.99. The second-order valence-corrected chi connectivity index (χ2v) is 3.30. The number of hydrogen-bond acceptors (Lipinski definition) is 3. The molecule has 70 valence electrons. The molecule has 0 unspecified atom stereocenters. The highest BCUT2D eigenvalue weighted by atomic mass is 32.2. The molecule has 0 radical (unpaired) electrons. The largest absolute Gasteiger partial charge is 0.351 e. The molecule has 5 heteroatoms. The molecule has 1 aromatic carbocycles. The Bertz CT molecular complexity index is 303. The lowest BCUT2D eigenvalue weighted by Gasteiger charge is -2.02. The Balaban J connectivity index is 2.61. The van der Waals surface area contributed by atoms with Crippen LogP contribution in [0.15, 0.2) is 29.2 Å². The van der Waals surface area contributed by atoms with Crippen LogP contribution >= 0.6 is 11.9 Å². The molecule has 0 aliphatic carbocycles. The molecule has 4 nitrogen and oxygen atoms in total. The highest BCUT2D eigenvalue weighted by molar-refractivity contribution is 7.98. The van der Waals surface area contributed by atoms with Crippen molar-refractivity contribution >= 4 is 18.0 Å². The van der Waals surface area contributed by atoms with E-state index in [2.05, 4.69) is 4.72 Å². The summed E-state index contributed by atoms with van der Waals surface area (Å²) in [6, 6.07) is 7.03. The van der Waals surface area contributed by atoms with E-state index in [0.29, 0.717) is 6.54 Å². The Morgan fingerprint density at radius 1 is 1.54 bits per heavy atom. The highest BCUT2D eigenvalue weighted by Crippen LogP contribution is 2.15. The smallest absolute Gasteiger partial charge is 0.322 e. The van der Waals surface area contributed by atoms with Crippen LogP contribution in [-0.4, -0.2) is 6.03 Å². The third-order valence-corrected chi connectivity index (χ3v) is 2.20. The summed E-state index contributed by atoms with van der Waals surface area (Å²) < 4.78 is 2.43. The Morgan fingerprint density at radius 2 is 2.31 bits per heavy atom. The van der Waals surface area contributed by atoms with E-state index in [4.69, 9.17) is 11.5 Å². The fourth-order valence-corrected chi connectivity index (χ4v) is 1.42. The molecule has 0 heterocycles. The molecule has 1 aromatic rings. The molecule has 2 amide bonds. The van der Waals surface area contributed by atoms with Crippen molar-refractivity contribution in [2.75, 3.05) is 0 Å². The van der Waals surface area contributed by atoms with E-state index in [-0.39, 0.29) is 0 Å². The number of urea groups is 1. The molecule has 13 heavy (non-hydrogen) atoms. The van der Waals surface area contributed by atoms with E-state index in [0.717, 1.165) is 10.5 Å². The highest BCUT2D eigenvalue weighted by Gasteiger charge is 1.96. The predicted molar refractivity (Wildman–Crippen MR) is 52.9 cm³/mol. The molecule has 1 rings (SSSR count). The first kappa shape index (κ1) is 9.88. The fraction of sp³-hybridized carbons (Fsp3) is 0.125. The minimum atomic E-state index is -0.553. The van der Waals surface area contributed by atoms with Crippen LogP contribution in [0.3, 0.4) is 0 Å². The predicted octanol–water partition coefficient (Wildman–Crippen LogP) is 0.821. The minimum Gasteiger partial charge on any atom is -0.351 e. The Labute approximate surface area is 80.8 Å². The van der Waals surface area contributed by atoms with Crippen molar-refractivity contribution in [3.8, 4) is 0 Å². The van der Waals surface area contributed by atoms with Crippen molar-refractivity contribution in [2.24, 2.45) is 11.5 Å². The van der Waals surface area contributed by atoms with Gasteiger partial charge in [-0.05, 0) is 29.6 Å². The molecule has 0 bridgehead atoms. The number of primary amides is 1. The molecule has 0 aliphatic rings. The van der Waals surface area contributed by atoms with Gasteiger partial charge in [0, 0.05) is 11.4 Å². The number of rotatable bonds is 3. The van der Waals surface area contributed by atoms with Crippen molar-refractivity contribution in [2.45, 2.75) is 11.4 Å². The maximum Gasteiger partial charge on any atom is 0.322 e. The van der Waals surface area contributed by atoms with Gasteiger partial charge < -0.3 is 11.5 Å². The fourth-order valence-electron chi connectivity index (χ4n) is 0.845. The average molecular weight is 197 g/mol. The summed E-state index contributed by atoms with van der Waals surface area (Å²) in [5, 5.41) is 0. The Kier molecular flexibility index (Phi) is 3.60. The molecule has 0 atom stereocenters. The summed E-state index contributed by atoms with van der Waals surface area (Å²) in [4.78, 5) is 11.3. The van der Waals surface area contributed by atoms with Gasteiger partial charge in [-0.25, -0.2) is 4.79 Å². The van der Waals surface area contributed by atoms with E-state index in [9.17, 15) is 4.79 Å². The topological polar surface area (TPSA) is 81.1 Å². The molecule has 0 fully saturated rings. The molecule has 0 spiro atoms. The normalized spacial score (nSPS) is 9.62. The quantitative estimate of drug-likeness (QED) is 0.627. The van der Waals surface area contributed by atoms with Crippen molar-refractivity contribution in [1.82, 2.24) is 4.72 Å². The monoisotopic (exact) mass is 197 g/mol. The molecule has 0 aromatic heterocycles. The van der Waals surface area contributed by atoms with E-state index < -0.39 is 6.03 Å². The zero-order chi connectivity index (χ0) is 9.68. The number of carbonyl (C=O) groups is 1. The number of benzene rings is 1. The van der Waals surface area contributed by atoms with E-state index >= 15 is 0 Å². The van der Waals surface area contributed by atoms with Gasteiger partial charge in [0.2, 0.25) is 0 Å². The van der Waals surface area contributed by atoms with Crippen LogP contribution in [0.2, 0.25) is 0 Å². The van der Waals surface area contributed by atoms with Gasteiger partial charge in [-0.2, -0.15) is 0 Å². The van der Waals surface area contributed by atoms with Crippen molar-refractivity contribution in [3.63, 3.8) is 0 Å². The first-order valence-electron chi connectivity index (χ1n) is 3.73. The lowest BCUT2D eigenvalue weighted by Crippen LogP contribution is -2.22. The maximum atomic E-state index is 10.4. The van der Waals surface area contributed by atoms with Gasteiger partial charge in [0.1, 0.15) is 0 Å². The number of nitrogens with two attached hydrogens (primary N) is 2. The summed E-state index contributed by atoms with van der Waals surface area (Å²) in [7, 11) is 0. The summed E-state index contributed by atoms with van der Waals surface area (Å²) in [6.45, 7) is 0.491. The van der Waals surface area contributed by atoms with Gasteiger partial charge >= 0.3 is 6.03 Å². The summed E-state index contributed by atoms with van der Waals surface area (Å²) in [5.41, 5.74) is 11.4. The summed E-state index contributed by atoms with van der Waals surface area (Å²) in [6.07, 6.45) is 0. The summed E-state index contributed by atoms with van der Waals surface area (Å²) in [5.74, 6) is 0. The third kappa shape index (κ3) is 3.35. The Hall–Kier alpha value is -1.20. The first-order valence-corrected chi connectivity index (χ1v) is 4.55. The lowest BCUT2D eigenvalue weighted by atomic mass is 10.2. The van der Waals surface area contributed by atoms with Crippen LogP contribution in [0.5, 0.6) is 0 Å². The Morgan fingerprint density at radius 3 is 2.92 bits per heavy atom. The molecular formula is C8H11N3OS. The molecule has 0 saturated heterocycles. The molecule has 5 N–H and O–H groups in total. The van der Waals surface area contributed by atoms with Crippen molar-refractivity contribution < 1.29 is 4.79 Å². The first-order chi connectivity index (χ1) is 6.22. The van der Waals surface area contributed by atoms with E-state index in [1.807, 2.05) is 24.3 Å². The summed E-state index contributed by atoms with van der Waals surface area (Å²) >= 11 is 1.18. The van der Waals surface area contributed by atoms with Crippen LogP contribution in [0, 0.1) is 0 Å². The second kappa shape index (κ2) is 4.74. The van der Waals surface area contributed by atoms with Gasteiger partial charge in [-0.15, -0.1) is 0 Å². The van der Waals surface area contributed by atoms with Crippen LogP contribution in [0.4, 0.5) is 4.79 Å². The molecule has 0 aliphatic heterocycles. The average Bonchev–Trinajstić information content (AvgIpc) is 2.15. The van der Waals surface area contributed by atoms with Crippen LogP contribution < -0.4 is 16.2 Å². The number of hydrogen-bond donors (Lipinski definition) is 3. The van der Waals surface area contributed by atoms with Crippen LogP contribution in [-0.2, 0) is 6.54 Å². The van der Waals surface area contributed by atoms with E-state index in [1.165, 1.54) is 11.9 Å². The lowest BCUT2D eigenvalue weighted by molar-refractivity contribution is 0.254. The molecular weight excluding hydrogens is 186 g/mol. The number of amides is 2. The standard InChI is InChI=1S/C8H11N3OS/c9-5-6-2-1-3-7(4-6)13-11-8(10)12/h1-4H,5,9H2,(H3,10,11,12). The van der Waals surface area contributed by atoms with Gasteiger partial charge in [0.25, 0.3) is 0 Å². The van der Waals surface area contributed by atoms with Gasteiger partial charge in [-0.1, -0.05) is 12.1 Å². The minimum absolute atomic E-state index is 0.491. The zero-order valence-corrected chi connectivity index (χ0v) is 7.80. The molecule has 0 saturated carbocycles. The van der Waals surface area contributed by atoms with Crippen LogP contribution in [0.25, 0.3) is 0 Å². The maximum absolute atomic E-state index is 10.4. The van der Waals surface area contributed by atoms with Crippen molar-refractivity contribution in [3.05, 3.63) is 29.8 Å². The van der Waals surface area contributed by atoms with E-state index in [1.54, 1.807) is 0 Å². The third-order valence-electron chi connectivity index (χ3n) is 1.40. The number of nitrogens with one attached hydrogen (secondary N) is 1. The van der Waals surface area contributed by atoms with Gasteiger partial charge in [0.15, 0.2) is 0 Å². The van der Waals surface area contributed by atoms with Crippen LogP contribution in [0.1, 0.15) is 5.56 Å². The van der Waals surface area contributed by atoms with Gasteiger partial charge in [-0.3, -0.25) is 4.72 Å². The second-order valence-electron chi connectivity index (χ2n) is 2.42. The SMILES string of the molecule is NCc1cccc(SNC(N)=O)c1. The number of carbonyl (C=O) groups excluding carboxylic acids is 1.